The van der Waals surface area contributed by atoms with Gasteiger partial charge < -0.3 is 9.30 Å². The number of aryl methyl sites for hydroxylation is 2. The van der Waals surface area contributed by atoms with Crippen LogP contribution in [0, 0.1) is 6.92 Å². The van der Waals surface area contributed by atoms with Gasteiger partial charge in [0.05, 0.1) is 11.0 Å². The van der Waals surface area contributed by atoms with Gasteiger partial charge in [0.1, 0.15) is 5.82 Å². The van der Waals surface area contributed by atoms with E-state index in [1.807, 2.05) is 18.2 Å². The van der Waals surface area contributed by atoms with E-state index in [0.29, 0.717) is 5.02 Å². The topological polar surface area (TPSA) is 27.1 Å². The third-order valence-corrected chi connectivity index (χ3v) is 3.95. The minimum absolute atomic E-state index is 0.713. The average molecular weight is 315 g/mol. The summed E-state index contributed by atoms with van der Waals surface area (Å²) in [7, 11) is 1.73. The van der Waals surface area contributed by atoms with Crippen LogP contribution in [0.4, 0.5) is 0 Å². The minimum Gasteiger partial charge on any atom is -0.385 e. The van der Waals surface area contributed by atoms with Crippen LogP contribution in [0.15, 0.2) is 42.5 Å². The summed E-state index contributed by atoms with van der Waals surface area (Å²) < 4.78 is 7.43. The Morgan fingerprint density at radius 1 is 1.18 bits per heavy atom. The van der Waals surface area contributed by atoms with Gasteiger partial charge in [-0.05, 0) is 37.6 Å². The molecule has 0 aliphatic rings. The van der Waals surface area contributed by atoms with Crippen LogP contribution in [-0.2, 0) is 11.3 Å². The Balaban J connectivity index is 2.12. The molecule has 3 rings (SSSR count). The van der Waals surface area contributed by atoms with Gasteiger partial charge in [-0.1, -0.05) is 35.4 Å². The molecule has 0 N–H and O–H groups in total. The minimum atomic E-state index is 0.713. The number of nitrogens with zero attached hydrogens (tertiary/aromatic N) is 2. The molecule has 114 valence electrons. The number of hydrogen-bond donors (Lipinski definition) is 0. The molecule has 0 radical (unpaired) electrons. The first kappa shape index (κ1) is 15.1. The summed E-state index contributed by atoms with van der Waals surface area (Å²) in [4.78, 5) is 4.80. The van der Waals surface area contributed by atoms with E-state index in [1.54, 1.807) is 7.11 Å². The smallest absolute Gasteiger partial charge is 0.141 e. The molecule has 0 fully saturated rings. The quantitative estimate of drug-likeness (QED) is 0.638. The molecule has 0 amide bonds. The van der Waals surface area contributed by atoms with Crippen LogP contribution >= 0.6 is 11.6 Å². The second kappa shape index (κ2) is 6.51. The van der Waals surface area contributed by atoms with Gasteiger partial charge in [0.25, 0.3) is 0 Å². The zero-order valence-electron chi connectivity index (χ0n) is 12.8. The van der Waals surface area contributed by atoms with E-state index in [2.05, 4.69) is 35.8 Å². The Morgan fingerprint density at radius 2 is 2.05 bits per heavy atom. The van der Waals surface area contributed by atoms with Crippen LogP contribution in [-0.4, -0.2) is 23.3 Å². The third-order valence-electron chi connectivity index (χ3n) is 3.72. The number of rotatable bonds is 5. The van der Waals surface area contributed by atoms with E-state index in [9.17, 15) is 0 Å². The molecule has 22 heavy (non-hydrogen) atoms. The molecule has 0 saturated carbocycles. The lowest BCUT2D eigenvalue weighted by molar-refractivity contribution is 0.191. The van der Waals surface area contributed by atoms with Gasteiger partial charge in [-0.2, -0.15) is 0 Å². The van der Waals surface area contributed by atoms with Crippen LogP contribution in [0.25, 0.3) is 22.4 Å². The summed E-state index contributed by atoms with van der Waals surface area (Å²) in [5.41, 5.74) is 4.40. The van der Waals surface area contributed by atoms with Crippen molar-refractivity contribution in [1.29, 1.82) is 0 Å². The summed E-state index contributed by atoms with van der Waals surface area (Å²) in [6.07, 6.45) is 0.948. The number of hydrogen-bond acceptors (Lipinski definition) is 2. The van der Waals surface area contributed by atoms with Gasteiger partial charge >= 0.3 is 0 Å². The molecule has 0 aliphatic carbocycles. The van der Waals surface area contributed by atoms with Crippen molar-refractivity contribution in [1.82, 2.24) is 9.55 Å². The molecule has 3 nitrogen and oxygen atoms in total. The fourth-order valence-corrected chi connectivity index (χ4v) is 2.87. The highest BCUT2D eigenvalue weighted by atomic mass is 35.5. The first-order chi connectivity index (χ1) is 10.7. The predicted molar refractivity (Wildman–Crippen MR) is 91.4 cm³/mol. The fraction of sp³-hybridized carbons (Fsp3) is 0.278. The van der Waals surface area contributed by atoms with Crippen molar-refractivity contribution >= 4 is 22.6 Å². The number of ether oxygens (including phenoxy) is 1. The summed E-state index contributed by atoms with van der Waals surface area (Å²) >= 11 is 6.11. The van der Waals surface area contributed by atoms with Gasteiger partial charge in [0.15, 0.2) is 0 Å². The Hall–Kier alpha value is -1.84. The molecule has 1 heterocycles. The van der Waals surface area contributed by atoms with E-state index < -0.39 is 0 Å². The zero-order chi connectivity index (χ0) is 15.5. The molecule has 3 aromatic rings. The lowest BCUT2D eigenvalue weighted by Gasteiger charge is -2.09. The molecular weight excluding hydrogens is 296 g/mol. The van der Waals surface area contributed by atoms with Gasteiger partial charge in [-0.3, -0.25) is 0 Å². The highest BCUT2D eigenvalue weighted by molar-refractivity contribution is 6.31. The maximum atomic E-state index is 6.11. The number of imidazole rings is 1. The molecule has 0 aliphatic heterocycles. The number of aromatic nitrogens is 2. The largest absolute Gasteiger partial charge is 0.385 e. The first-order valence-electron chi connectivity index (χ1n) is 7.41. The molecular formula is C18H19ClN2O. The second-order valence-electron chi connectivity index (χ2n) is 5.44. The van der Waals surface area contributed by atoms with Crippen molar-refractivity contribution in [2.75, 3.05) is 13.7 Å². The highest BCUT2D eigenvalue weighted by Crippen LogP contribution is 2.27. The van der Waals surface area contributed by atoms with E-state index in [1.165, 1.54) is 5.56 Å². The summed E-state index contributed by atoms with van der Waals surface area (Å²) in [5, 5.41) is 0.713. The Bertz CT molecular complexity index is 795. The number of fused-ring (bicyclic) bond motifs is 1. The molecule has 0 saturated heterocycles. The van der Waals surface area contributed by atoms with E-state index in [-0.39, 0.29) is 0 Å². The molecule has 0 bridgehead atoms. The van der Waals surface area contributed by atoms with Crippen molar-refractivity contribution in [3.63, 3.8) is 0 Å². The van der Waals surface area contributed by atoms with Crippen LogP contribution in [0.1, 0.15) is 12.0 Å². The predicted octanol–water partition coefficient (Wildman–Crippen LogP) is 4.70. The molecule has 2 aromatic carbocycles. The van der Waals surface area contributed by atoms with Crippen LogP contribution in [0.2, 0.25) is 5.02 Å². The molecule has 0 spiro atoms. The Labute approximate surface area is 135 Å². The van der Waals surface area contributed by atoms with Gasteiger partial charge in [-0.25, -0.2) is 4.98 Å². The first-order valence-corrected chi connectivity index (χ1v) is 7.78. The van der Waals surface area contributed by atoms with Gasteiger partial charge in [0.2, 0.25) is 0 Å². The molecule has 4 heteroatoms. The monoisotopic (exact) mass is 314 g/mol. The number of halogens is 1. The molecule has 1 aromatic heterocycles. The molecule has 0 atom stereocenters. The maximum absolute atomic E-state index is 6.11. The maximum Gasteiger partial charge on any atom is 0.141 e. The summed E-state index contributed by atoms with van der Waals surface area (Å²) in [6, 6.07) is 14.3. The van der Waals surface area contributed by atoms with Crippen molar-refractivity contribution < 1.29 is 4.74 Å². The lowest BCUT2D eigenvalue weighted by atomic mass is 10.1. The Kier molecular flexibility index (Phi) is 4.46. The number of methoxy groups -OCH3 is 1. The zero-order valence-corrected chi connectivity index (χ0v) is 13.6. The lowest BCUT2D eigenvalue weighted by Crippen LogP contribution is -2.03. The van der Waals surface area contributed by atoms with Crippen LogP contribution in [0.3, 0.4) is 0 Å². The van der Waals surface area contributed by atoms with Gasteiger partial charge in [-0.15, -0.1) is 0 Å². The van der Waals surface area contributed by atoms with Gasteiger partial charge in [0, 0.05) is 30.8 Å². The summed E-state index contributed by atoms with van der Waals surface area (Å²) in [5.74, 6) is 0.983. The third kappa shape index (κ3) is 3.01. The average Bonchev–Trinajstić information content (AvgIpc) is 2.85. The van der Waals surface area contributed by atoms with E-state index >= 15 is 0 Å². The SMILES string of the molecule is COCCCn1c(-c2cccc(C)c2)nc2cc(Cl)ccc21. The van der Waals surface area contributed by atoms with Crippen molar-refractivity contribution in [2.24, 2.45) is 0 Å². The molecule has 0 unspecified atom stereocenters. The Morgan fingerprint density at radius 3 is 2.82 bits per heavy atom. The van der Waals surface area contributed by atoms with Crippen molar-refractivity contribution in [3.8, 4) is 11.4 Å². The number of benzene rings is 2. The fourth-order valence-electron chi connectivity index (χ4n) is 2.70. The van der Waals surface area contributed by atoms with Crippen LogP contribution < -0.4 is 0 Å². The van der Waals surface area contributed by atoms with Crippen molar-refractivity contribution in [2.45, 2.75) is 19.9 Å². The normalized spacial score (nSPS) is 11.2. The van der Waals surface area contributed by atoms with E-state index in [0.717, 1.165) is 42.0 Å². The van der Waals surface area contributed by atoms with E-state index in [4.69, 9.17) is 21.3 Å². The van der Waals surface area contributed by atoms with Crippen molar-refractivity contribution in [3.05, 3.63) is 53.1 Å². The standard InChI is InChI=1S/C18H19ClN2O/c1-13-5-3-6-14(11-13)18-20-16-12-15(19)7-8-17(16)21(18)9-4-10-22-2/h3,5-8,11-12H,4,9-10H2,1-2H3. The van der Waals surface area contributed by atoms with Crippen LogP contribution in [0.5, 0.6) is 0 Å². The summed E-state index contributed by atoms with van der Waals surface area (Å²) in [6.45, 7) is 3.70. The second-order valence-corrected chi connectivity index (χ2v) is 5.87. The highest BCUT2D eigenvalue weighted by Gasteiger charge is 2.12.